The number of carbonyl (C=O) groups is 2. The van der Waals surface area contributed by atoms with Crippen LogP contribution >= 0.6 is 11.3 Å². The van der Waals surface area contributed by atoms with Crippen molar-refractivity contribution in [1.29, 1.82) is 0 Å². The van der Waals surface area contributed by atoms with Gasteiger partial charge < -0.3 is 15.5 Å². The van der Waals surface area contributed by atoms with Crippen LogP contribution in [0.2, 0.25) is 0 Å². The molecule has 6 heteroatoms. The SMILES string of the molecule is CCN(CC)c1ccc(NC(=O)CNC(=O)c2ccsc2)cc1. The number of benzene rings is 1. The molecule has 0 spiro atoms. The summed E-state index contributed by atoms with van der Waals surface area (Å²) in [7, 11) is 0. The molecule has 2 aromatic rings. The number of thiophene rings is 1. The van der Waals surface area contributed by atoms with Crippen molar-refractivity contribution in [3.8, 4) is 0 Å². The average Bonchev–Trinajstić information content (AvgIpc) is 3.10. The van der Waals surface area contributed by atoms with Crippen molar-refractivity contribution in [1.82, 2.24) is 5.32 Å². The Kier molecular flexibility index (Phi) is 6.17. The molecule has 1 aromatic carbocycles. The Morgan fingerprint density at radius 2 is 1.78 bits per heavy atom. The van der Waals surface area contributed by atoms with E-state index in [4.69, 9.17) is 0 Å². The first-order valence-corrected chi connectivity index (χ1v) is 8.53. The van der Waals surface area contributed by atoms with Crippen LogP contribution in [0.1, 0.15) is 24.2 Å². The molecule has 0 bridgehead atoms. The monoisotopic (exact) mass is 331 g/mol. The molecule has 0 saturated carbocycles. The van der Waals surface area contributed by atoms with Gasteiger partial charge in [0.25, 0.3) is 5.91 Å². The standard InChI is InChI=1S/C17H21N3O2S/c1-3-20(4-2)15-7-5-14(6-8-15)19-16(21)11-18-17(22)13-9-10-23-12-13/h5-10,12H,3-4,11H2,1-2H3,(H,18,22)(H,19,21). The first-order valence-electron chi connectivity index (χ1n) is 7.59. The number of hydrogen-bond acceptors (Lipinski definition) is 4. The maximum Gasteiger partial charge on any atom is 0.252 e. The molecule has 0 fully saturated rings. The third kappa shape index (κ3) is 4.82. The lowest BCUT2D eigenvalue weighted by Crippen LogP contribution is -2.32. The number of amides is 2. The summed E-state index contributed by atoms with van der Waals surface area (Å²) in [6.45, 7) is 6.05. The fraction of sp³-hybridized carbons (Fsp3) is 0.294. The molecular formula is C17H21N3O2S. The molecule has 1 heterocycles. The van der Waals surface area contributed by atoms with E-state index >= 15 is 0 Å². The van der Waals surface area contributed by atoms with Gasteiger partial charge in [-0.05, 0) is 49.6 Å². The molecule has 2 rings (SSSR count). The Hall–Kier alpha value is -2.34. The molecule has 0 atom stereocenters. The van der Waals surface area contributed by atoms with Crippen LogP contribution in [0.4, 0.5) is 11.4 Å². The molecule has 0 saturated heterocycles. The highest BCUT2D eigenvalue weighted by molar-refractivity contribution is 7.08. The summed E-state index contributed by atoms with van der Waals surface area (Å²) in [5.74, 6) is -0.484. The zero-order valence-electron chi connectivity index (χ0n) is 13.3. The molecular weight excluding hydrogens is 310 g/mol. The molecule has 0 aliphatic carbocycles. The van der Waals surface area contributed by atoms with Crippen molar-refractivity contribution >= 4 is 34.5 Å². The Morgan fingerprint density at radius 1 is 1.09 bits per heavy atom. The van der Waals surface area contributed by atoms with E-state index in [0.29, 0.717) is 5.56 Å². The second-order valence-electron chi connectivity index (χ2n) is 4.96. The molecule has 1 aromatic heterocycles. The van der Waals surface area contributed by atoms with Crippen LogP contribution < -0.4 is 15.5 Å². The van der Waals surface area contributed by atoms with Gasteiger partial charge >= 0.3 is 0 Å². The summed E-state index contributed by atoms with van der Waals surface area (Å²) in [6, 6.07) is 9.42. The quantitative estimate of drug-likeness (QED) is 0.820. The minimum absolute atomic E-state index is 0.0491. The predicted octanol–water partition coefficient (Wildman–Crippen LogP) is 2.96. The van der Waals surface area contributed by atoms with Crippen molar-refractivity contribution in [2.75, 3.05) is 29.9 Å². The molecule has 0 unspecified atom stereocenters. The van der Waals surface area contributed by atoms with E-state index in [-0.39, 0.29) is 18.4 Å². The number of rotatable bonds is 7. The largest absolute Gasteiger partial charge is 0.372 e. The molecule has 5 nitrogen and oxygen atoms in total. The van der Waals surface area contributed by atoms with Gasteiger partial charge in [-0.3, -0.25) is 9.59 Å². The van der Waals surface area contributed by atoms with Crippen LogP contribution in [0.15, 0.2) is 41.1 Å². The number of carbonyl (C=O) groups excluding carboxylic acids is 2. The number of nitrogens with zero attached hydrogens (tertiary/aromatic N) is 1. The van der Waals surface area contributed by atoms with Gasteiger partial charge in [0.2, 0.25) is 5.91 Å². The fourth-order valence-electron chi connectivity index (χ4n) is 2.21. The number of hydrogen-bond donors (Lipinski definition) is 2. The maximum atomic E-state index is 11.9. The van der Waals surface area contributed by atoms with Gasteiger partial charge in [0.1, 0.15) is 0 Å². The van der Waals surface area contributed by atoms with E-state index in [0.717, 1.165) is 24.5 Å². The Morgan fingerprint density at radius 3 is 2.35 bits per heavy atom. The molecule has 2 amide bonds. The molecule has 122 valence electrons. The average molecular weight is 331 g/mol. The fourth-order valence-corrected chi connectivity index (χ4v) is 2.84. The van der Waals surface area contributed by atoms with E-state index in [9.17, 15) is 9.59 Å². The number of anilines is 2. The van der Waals surface area contributed by atoms with Crippen molar-refractivity contribution < 1.29 is 9.59 Å². The first-order chi connectivity index (χ1) is 11.1. The van der Waals surface area contributed by atoms with Gasteiger partial charge in [-0.1, -0.05) is 0 Å². The molecule has 0 aliphatic rings. The normalized spacial score (nSPS) is 10.2. The third-order valence-electron chi connectivity index (χ3n) is 3.47. The lowest BCUT2D eigenvalue weighted by Gasteiger charge is -2.21. The van der Waals surface area contributed by atoms with Crippen LogP contribution in [0.3, 0.4) is 0 Å². The summed E-state index contributed by atoms with van der Waals surface area (Å²) in [5, 5.41) is 8.95. The lowest BCUT2D eigenvalue weighted by molar-refractivity contribution is -0.115. The van der Waals surface area contributed by atoms with Crippen molar-refractivity contribution in [3.05, 3.63) is 46.7 Å². The summed E-state index contributed by atoms with van der Waals surface area (Å²) >= 11 is 1.45. The Bertz CT molecular complexity index is 634. The predicted molar refractivity (Wildman–Crippen MR) is 95.3 cm³/mol. The first kappa shape index (κ1) is 17.0. The van der Waals surface area contributed by atoms with Gasteiger partial charge in [0.15, 0.2) is 0 Å². The Balaban J connectivity index is 1.84. The minimum atomic E-state index is -0.246. The highest BCUT2D eigenvalue weighted by atomic mass is 32.1. The van der Waals surface area contributed by atoms with Crippen LogP contribution in [0.25, 0.3) is 0 Å². The Labute approximate surface area is 140 Å². The molecule has 0 radical (unpaired) electrons. The zero-order chi connectivity index (χ0) is 16.7. The lowest BCUT2D eigenvalue weighted by atomic mass is 10.2. The summed E-state index contributed by atoms with van der Waals surface area (Å²) in [6.07, 6.45) is 0. The highest BCUT2D eigenvalue weighted by Crippen LogP contribution is 2.17. The van der Waals surface area contributed by atoms with Gasteiger partial charge in [-0.2, -0.15) is 11.3 Å². The van der Waals surface area contributed by atoms with E-state index in [2.05, 4.69) is 29.4 Å². The smallest absolute Gasteiger partial charge is 0.252 e. The van der Waals surface area contributed by atoms with Gasteiger partial charge in [-0.25, -0.2) is 0 Å². The van der Waals surface area contributed by atoms with Gasteiger partial charge in [0.05, 0.1) is 6.54 Å². The third-order valence-corrected chi connectivity index (χ3v) is 4.16. The summed E-state index contributed by atoms with van der Waals surface area (Å²) in [4.78, 5) is 25.9. The molecule has 23 heavy (non-hydrogen) atoms. The van der Waals surface area contributed by atoms with Crippen LogP contribution in [0, 0.1) is 0 Å². The van der Waals surface area contributed by atoms with Gasteiger partial charge in [0, 0.05) is 35.4 Å². The minimum Gasteiger partial charge on any atom is -0.372 e. The van der Waals surface area contributed by atoms with Crippen LogP contribution in [-0.4, -0.2) is 31.4 Å². The van der Waals surface area contributed by atoms with Crippen LogP contribution in [-0.2, 0) is 4.79 Å². The highest BCUT2D eigenvalue weighted by Gasteiger charge is 2.09. The zero-order valence-corrected chi connectivity index (χ0v) is 14.2. The van der Waals surface area contributed by atoms with Crippen molar-refractivity contribution in [3.63, 3.8) is 0 Å². The second kappa shape index (κ2) is 8.33. The summed E-state index contributed by atoms with van der Waals surface area (Å²) < 4.78 is 0. The van der Waals surface area contributed by atoms with Gasteiger partial charge in [-0.15, -0.1) is 0 Å². The summed E-state index contributed by atoms with van der Waals surface area (Å²) in [5.41, 5.74) is 2.42. The van der Waals surface area contributed by atoms with Crippen molar-refractivity contribution in [2.24, 2.45) is 0 Å². The van der Waals surface area contributed by atoms with E-state index in [1.54, 1.807) is 11.4 Å². The maximum absolute atomic E-state index is 11.9. The van der Waals surface area contributed by atoms with Crippen LogP contribution in [0.5, 0.6) is 0 Å². The number of nitrogens with one attached hydrogen (secondary N) is 2. The topological polar surface area (TPSA) is 61.4 Å². The molecule has 0 aliphatic heterocycles. The van der Waals surface area contributed by atoms with E-state index in [1.807, 2.05) is 29.6 Å². The van der Waals surface area contributed by atoms with Crippen molar-refractivity contribution in [2.45, 2.75) is 13.8 Å². The van der Waals surface area contributed by atoms with E-state index in [1.165, 1.54) is 11.3 Å². The van der Waals surface area contributed by atoms with E-state index < -0.39 is 0 Å². The second-order valence-corrected chi connectivity index (χ2v) is 5.74. The molecule has 2 N–H and O–H groups in total.